The Morgan fingerprint density at radius 3 is 2.33 bits per heavy atom. The molecule has 0 bridgehead atoms. The van der Waals surface area contributed by atoms with Crippen LogP contribution < -0.4 is 5.84 Å². The molecule has 1 fully saturated rings. The highest BCUT2D eigenvalue weighted by Crippen LogP contribution is 2.35. The minimum Gasteiger partial charge on any atom is -0.394 e. The molecule has 3 unspecified atom stereocenters. The first kappa shape index (κ1) is 25.2. The van der Waals surface area contributed by atoms with Crippen molar-refractivity contribution in [3.05, 3.63) is 64.5 Å². The molecule has 11 heteroatoms. The molecule has 0 aliphatic carbocycles. The Bertz CT molecular complexity index is 1050. The summed E-state index contributed by atoms with van der Waals surface area (Å²) in [6.45, 7) is 3.38. The maximum absolute atomic E-state index is 13.6. The molecule has 1 aliphatic heterocycles. The van der Waals surface area contributed by atoms with Crippen molar-refractivity contribution in [3.63, 3.8) is 0 Å². The highest BCUT2D eigenvalue weighted by Gasteiger charge is 2.44. The highest BCUT2D eigenvalue weighted by atomic mass is 32.2. The summed E-state index contributed by atoms with van der Waals surface area (Å²) in [5, 5.41) is 34.4. The second kappa shape index (κ2) is 10.7. The van der Waals surface area contributed by atoms with Crippen molar-refractivity contribution in [2.45, 2.75) is 48.5 Å². The van der Waals surface area contributed by atoms with Gasteiger partial charge >= 0.3 is 0 Å². The SMILES string of the molecule is Cc1ccc(S[C@H]2OC(CO)[C@H](O)C(N=CC(=NN)c3cc(F)c(F)c(F)c3)C2O)cc1C. The maximum atomic E-state index is 13.6. The number of nitrogens with zero attached hydrogens (tertiary/aromatic N) is 2. The minimum absolute atomic E-state index is 0.187. The smallest absolute Gasteiger partial charge is 0.194 e. The van der Waals surface area contributed by atoms with Gasteiger partial charge in [0, 0.05) is 16.7 Å². The molecule has 7 nitrogen and oxygen atoms in total. The van der Waals surface area contributed by atoms with E-state index in [0.29, 0.717) is 12.1 Å². The topological polar surface area (TPSA) is 121 Å². The molecule has 178 valence electrons. The molecule has 5 N–H and O–H groups in total. The van der Waals surface area contributed by atoms with E-state index in [1.807, 2.05) is 32.0 Å². The van der Waals surface area contributed by atoms with Gasteiger partial charge in [-0.15, -0.1) is 0 Å². The Kier molecular flexibility index (Phi) is 8.14. The number of aliphatic imine (C=N–C) groups is 1. The standard InChI is InChI=1S/C22H24F3N3O4S/c1-10-3-4-13(5-11(10)2)33-22-21(31)19(20(30)17(9-29)32-22)27-8-16(28-26)12-6-14(23)18(25)15(24)7-12/h3-8,17,19-22,29-31H,9,26H2,1-2H3/t17?,19?,20-,21?,22+/m0/s1. The second-order valence-electron chi connectivity index (χ2n) is 7.61. The highest BCUT2D eigenvalue weighted by molar-refractivity contribution is 7.99. The van der Waals surface area contributed by atoms with E-state index in [1.165, 1.54) is 11.8 Å². The third-order valence-corrected chi connectivity index (χ3v) is 6.52. The molecule has 2 aromatic rings. The van der Waals surface area contributed by atoms with Gasteiger partial charge in [-0.05, 0) is 49.2 Å². The predicted molar refractivity (Wildman–Crippen MR) is 119 cm³/mol. The number of thioether (sulfide) groups is 1. The lowest BCUT2D eigenvalue weighted by atomic mass is 9.98. The van der Waals surface area contributed by atoms with Gasteiger partial charge in [0.05, 0.1) is 6.61 Å². The maximum Gasteiger partial charge on any atom is 0.194 e. The van der Waals surface area contributed by atoms with Gasteiger partial charge in [-0.2, -0.15) is 5.10 Å². The first-order valence-electron chi connectivity index (χ1n) is 9.98. The van der Waals surface area contributed by atoms with Gasteiger partial charge in [0.1, 0.15) is 35.5 Å². The summed E-state index contributed by atoms with van der Waals surface area (Å²) < 4.78 is 46.1. The van der Waals surface area contributed by atoms with Crippen molar-refractivity contribution >= 4 is 23.7 Å². The van der Waals surface area contributed by atoms with Crippen LogP contribution in [-0.2, 0) is 4.74 Å². The average Bonchev–Trinajstić information content (AvgIpc) is 2.78. The lowest BCUT2D eigenvalue weighted by molar-refractivity contribution is -0.159. The van der Waals surface area contributed by atoms with Crippen LogP contribution in [0.25, 0.3) is 0 Å². The fraction of sp³-hybridized carbons (Fsp3) is 0.364. The summed E-state index contributed by atoms with van der Waals surface area (Å²) in [7, 11) is 0. The zero-order chi connectivity index (χ0) is 24.3. The number of rotatable bonds is 6. The molecule has 3 rings (SSSR count). The average molecular weight is 484 g/mol. The number of aliphatic hydroxyl groups is 3. The first-order chi connectivity index (χ1) is 15.7. The number of aryl methyl sites for hydroxylation is 2. The van der Waals surface area contributed by atoms with Crippen LogP contribution in [0.5, 0.6) is 0 Å². The van der Waals surface area contributed by atoms with Gasteiger partial charge in [0.15, 0.2) is 17.5 Å². The summed E-state index contributed by atoms with van der Waals surface area (Å²) in [5.41, 5.74) is 0.860. The number of halogens is 3. The number of hydrogen-bond donors (Lipinski definition) is 4. The third kappa shape index (κ3) is 5.56. The lowest BCUT2D eigenvalue weighted by Gasteiger charge is -2.40. The van der Waals surface area contributed by atoms with Gasteiger partial charge in [-0.25, -0.2) is 13.2 Å². The molecule has 0 amide bonds. The van der Waals surface area contributed by atoms with Gasteiger partial charge in [-0.1, -0.05) is 17.8 Å². The van der Waals surface area contributed by atoms with E-state index < -0.39 is 53.8 Å². The fourth-order valence-electron chi connectivity index (χ4n) is 3.30. The van der Waals surface area contributed by atoms with E-state index in [2.05, 4.69) is 10.1 Å². The van der Waals surface area contributed by atoms with Crippen LogP contribution in [0.15, 0.2) is 45.3 Å². The zero-order valence-corrected chi connectivity index (χ0v) is 18.6. The molecule has 5 atom stereocenters. The molecular weight excluding hydrogens is 459 g/mol. The molecule has 0 spiro atoms. The van der Waals surface area contributed by atoms with E-state index in [0.717, 1.165) is 22.2 Å². The molecule has 2 aromatic carbocycles. The predicted octanol–water partition coefficient (Wildman–Crippen LogP) is 2.05. The molecule has 1 saturated heterocycles. The normalized spacial score (nSPS) is 26.2. The summed E-state index contributed by atoms with van der Waals surface area (Å²) in [5.74, 6) is 0.793. The first-order valence-corrected chi connectivity index (χ1v) is 10.9. The Morgan fingerprint density at radius 1 is 1.09 bits per heavy atom. The van der Waals surface area contributed by atoms with E-state index >= 15 is 0 Å². The number of hydrazone groups is 1. The summed E-state index contributed by atoms with van der Waals surface area (Å²) >= 11 is 1.20. The van der Waals surface area contributed by atoms with E-state index in [4.69, 9.17) is 10.6 Å². The Morgan fingerprint density at radius 2 is 1.76 bits per heavy atom. The number of nitrogens with two attached hydrogens (primary N) is 1. The number of ether oxygens (including phenoxy) is 1. The van der Waals surface area contributed by atoms with Crippen molar-refractivity contribution in [2.75, 3.05) is 6.61 Å². The van der Waals surface area contributed by atoms with Crippen molar-refractivity contribution in [2.24, 2.45) is 15.9 Å². The Labute approximate surface area is 192 Å². The van der Waals surface area contributed by atoms with E-state index in [-0.39, 0.29) is 11.3 Å². The third-order valence-electron chi connectivity index (χ3n) is 5.37. The van der Waals surface area contributed by atoms with Crippen LogP contribution in [0, 0.1) is 31.3 Å². The van der Waals surface area contributed by atoms with Crippen LogP contribution in [0.4, 0.5) is 13.2 Å². The quantitative estimate of drug-likeness (QED) is 0.216. The monoisotopic (exact) mass is 483 g/mol. The van der Waals surface area contributed by atoms with Crippen LogP contribution in [0.2, 0.25) is 0 Å². The fourth-order valence-corrected chi connectivity index (χ4v) is 4.46. The molecule has 33 heavy (non-hydrogen) atoms. The molecular formula is C22H24F3N3O4S. The molecule has 0 radical (unpaired) electrons. The molecule has 1 heterocycles. The summed E-state index contributed by atoms with van der Waals surface area (Å²) in [6.07, 6.45) is -2.73. The van der Waals surface area contributed by atoms with Crippen molar-refractivity contribution in [1.29, 1.82) is 0 Å². The van der Waals surface area contributed by atoms with E-state index in [1.54, 1.807) is 0 Å². The van der Waals surface area contributed by atoms with Gasteiger partial charge in [0.2, 0.25) is 0 Å². The number of benzene rings is 2. The largest absolute Gasteiger partial charge is 0.394 e. The van der Waals surface area contributed by atoms with Crippen molar-refractivity contribution in [3.8, 4) is 0 Å². The molecule has 0 saturated carbocycles. The van der Waals surface area contributed by atoms with Gasteiger partial charge < -0.3 is 25.9 Å². The van der Waals surface area contributed by atoms with Gasteiger partial charge in [0.25, 0.3) is 0 Å². The van der Waals surface area contributed by atoms with Crippen LogP contribution >= 0.6 is 11.8 Å². The van der Waals surface area contributed by atoms with E-state index in [9.17, 15) is 28.5 Å². The minimum atomic E-state index is -1.64. The number of hydrogen-bond acceptors (Lipinski definition) is 8. The summed E-state index contributed by atoms with van der Waals surface area (Å²) in [4.78, 5) is 4.92. The van der Waals surface area contributed by atoms with Gasteiger partial charge in [-0.3, -0.25) is 4.99 Å². The van der Waals surface area contributed by atoms with Crippen LogP contribution in [-0.4, -0.2) is 63.6 Å². The lowest BCUT2D eigenvalue weighted by Crippen LogP contribution is -2.56. The Hall–Kier alpha value is -2.44. The van der Waals surface area contributed by atoms with Crippen molar-refractivity contribution in [1.82, 2.24) is 0 Å². The summed E-state index contributed by atoms with van der Waals surface area (Å²) in [6, 6.07) is 5.92. The number of aliphatic hydroxyl groups excluding tert-OH is 3. The van der Waals surface area contributed by atoms with Crippen LogP contribution in [0.3, 0.4) is 0 Å². The van der Waals surface area contributed by atoms with Crippen molar-refractivity contribution < 1.29 is 33.2 Å². The zero-order valence-electron chi connectivity index (χ0n) is 17.8. The Balaban J connectivity index is 1.86. The second-order valence-corrected chi connectivity index (χ2v) is 8.78. The van der Waals surface area contributed by atoms with Crippen LogP contribution in [0.1, 0.15) is 16.7 Å². The molecule has 0 aromatic heterocycles. The molecule has 1 aliphatic rings.